The van der Waals surface area contributed by atoms with Gasteiger partial charge in [-0.1, -0.05) is 84.5 Å². The molecule has 0 amide bonds. The van der Waals surface area contributed by atoms with E-state index in [9.17, 15) is 0 Å². The number of para-hydroxylation sites is 1. The zero-order valence-electron chi connectivity index (χ0n) is 14.2. The van der Waals surface area contributed by atoms with Crippen molar-refractivity contribution < 1.29 is 4.74 Å². The zero-order valence-corrected chi connectivity index (χ0v) is 15.1. The van der Waals surface area contributed by atoms with Crippen LogP contribution in [0.25, 0.3) is 0 Å². The van der Waals surface area contributed by atoms with Crippen LogP contribution in [-0.4, -0.2) is 4.99 Å². The molecule has 0 saturated heterocycles. The maximum Gasteiger partial charge on any atom is 0.129 e. The Balaban J connectivity index is 1.65. The Morgan fingerprint density at radius 1 is 0.840 bits per heavy atom. The van der Waals surface area contributed by atoms with Crippen LogP contribution in [0.5, 0.6) is 5.75 Å². The maximum atomic E-state index is 6.01. The lowest BCUT2D eigenvalue weighted by Gasteiger charge is -2.14. The molecule has 3 heteroatoms. The Morgan fingerprint density at radius 2 is 1.52 bits per heavy atom. The van der Waals surface area contributed by atoms with E-state index >= 15 is 0 Å². The van der Waals surface area contributed by atoms with Crippen LogP contribution in [0.3, 0.4) is 0 Å². The van der Waals surface area contributed by atoms with Crippen LogP contribution in [0.2, 0.25) is 0 Å². The number of nitrogens with one attached hydrogen (secondary N) is 1. The molecule has 0 atom stereocenters. The fourth-order valence-electron chi connectivity index (χ4n) is 2.50. The first-order valence-corrected chi connectivity index (χ1v) is 8.73. The molecule has 2 nitrogen and oxygen atoms in total. The first-order chi connectivity index (χ1) is 12.2. The lowest BCUT2D eigenvalue weighted by atomic mass is 10.1. The summed E-state index contributed by atoms with van der Waals surface area (Å²) in [4.78, 5) is 0.698. The third kappa shape index (κ3) is 4.91. The van der Waals surface area contributed by atoms with Crippen molar-refractivity contribution in [3.05, 3.63) is 101 Å². The highest BCUT2D eigenvalue weighted by Gasteiger charge is 2.08. The molecule has 0 fully saturated rings. The Bertz CT molecular complexity index is 828. The number of thiocarbonyl (C=S) groups is 1. The molecule has 0 saturated carbocycles. The quantitative estimate of drug-likeness (QED) is 0.631. The van der Waals surface area contributed by atoms with E-state index in [0.29, 0.717) is 18.1 Å². The van der Waals surface area contributed by atoms with Gasteiger partial charge in [0.05, 0.1) is 5.56 Å². The third-order valence-electron chi connectivity index (χ3n) is 3.94. The lowest BCUT2D eigenvalue weighted by Crippen LogP contribution is -2.22. The molecule has 0 aliphatic heterocycles. The molecule has 0 aliphatic carbocycles. The van der Waals surface area contributed by atoms with Gasteiger partial charge in [-0.2, -0.15) is 0 Å². The molecule has 0 spiro atoms. The smallest absolute Gasteiger partial charge is 0.129 e. The van der Waals surface area contributed by atoms with E-state index in [-0.39, 0.29) is 0 Å². The molecule has 0 unspecified atom stereocenters. The van der Waals surface area contributed by atoms with Gasteiger partial charge in [0.25, 0.3) is 0 Å². The molecule has 0 radical (unpaired) electrons. The number of ether oxygens (including phenoxy) is 1. The van der Waals surface area contributed by atoms with Crippen LogP contribution in [0, 0.1) is 6.92 Å². The summed E-state index contributed by atoms with van der Waals surface area (Å²) in [6.07, 6.45) is 0. The van der Waals surface area contributed by atoms with Gasteiger partial charge < -0.3 is 10.1 Å². The van der Waals surface area contributed by atoms with Gasteiger partial charge in [-0.3, -0.25) is 0 Å². The monoisotopic (exact) mass is 347 g/mol. The second-order valence-electron chi connectivity index (χ2n) is 5.94. The van der Waals surface area contributed by atoms with E-state index in [1.54, 1.807) is 0 Å². The molecule has 0 aliphatic rings. The van der Waals surface area contributed by atoms with Gasteiger partial charge in [-0.15, -0.1) is 0 Å². The number of rotatable bonds is 6. The molecule has 25 heavy (non-hydrogen) atoms. The number of aryl methyl sites for hydroxylation is 1. The van der Waals surface area contributed by atoms with Crippen LogP contribution >= 0.6 is 12.2 Å². The fourth-order valence-corrected chi connectivity index (χ4v) is 2.74. The predicted molar refractivity (Wildman–Crippen MR) is 107 cm³/mol. The van der Waals surface area contributed by atoms with E-state index in [1.807, 2.05) is 42.5 Å². The highest BCUT2D eigenvalue weighted by atomic mass is 32.1. The average Bonchev–Trinajstić information content (AvgIpc) is 2.67. The minimum absolute atomic E-state index is 0.526. The summed E-state index contributed by atoms with van der Waals surface area (Å²) in [5, 5.41) is 3.31. The zero-order chi connectivity index (χ0) is 17.5. The van der Waals surface area contributed by atoms with Crippen LogP contribution in [0.1, 0.15) is 22.3 Å². The van der Waals surface area contributed by atoms with Crippen LogP contribution in [0.4, 0.5) is 0 Å². The summed E-state index contributed by atoms with van der Waals surface area (Å²) in [5.74, 6) is 0.800. The summed E-state index contributed by atoms with van der Waals surface area (Å²) >= 11 is 5.56. The van der Waals surface area contributed by atoms with Gasteiger partial charge in [-0.25, -0.2) is 0 Å². The van der Waals surface area contributed by atoms with E-state index in [1.165, 1.54) is 11.1 Å². The largest absolute Gasteiger partial charge is 0.488 e. The predicted octanol–water partition coefficient (Wildman–Crippen LogP) is 5.04. The Morgan fingerprint density at radius 3 is 2.28 bits per heavy atom. The summed E-state index contributed by atoms with van der Waals surface area (Å²) < 4.78 is 6.01. The highest BCUT2D eigenvalue weighted by Crippen LogP contribution is 2.20. The first kappa shape index (κ1) is 17.2. The fraction of sp³-hybridized carbons (Fsp3) is 0.136. The van der Waals surface area contributed by atoms with Gasteiger partial charge in [-0.05, 0) is 30.2 Å². The minimum Gasteiger partial charge on any atom is -0.488 e. The molecule has 0 bridgehead atoms. The molecule has 0 aromatic heterocycles. The standard InChI is InChI=1S/C22H21NOS/c1-17-11-13-19(14-12-17)16-24-21-10-6-5-9-20(21)22(25)23-15-18-7-3-2-4-8-18/h2-14H,15-16H2,1H3,(H,23,25). The van der Waals surface area contributed by atoms with E-state index in [0.717, 1.165) is 16.9 Å². The third-order valence-corrected chi connectivity index (χ3v) is 4.31. The molecule has 3 aromatic rings. The van der Waals surface area contributed by atoms with E-state index in [4.69, 9.17) is 17.0 Å². The summed E-state index contributed by atoms with van der Waals surface area (Å²) in [6, 6.07) is 26.5. The van der Waals surface area contributed by atoms with Crippen molar-refractivity contribution in [1.82, 2.24) is 5.32 Å². The van der Waals surface area contributed by atoms with Crippen molar-refractivity contribution in [1.29, 1.82) is 0 Å². The van der Waals surface area contributed by atoms with Crippen LogP contribution in [0.15, 0.2) is 78.9 Å². The summed E-state index contributed by atoms with van der Waals surface area (Å²) in [5.41, 5.74) is 4.50. The van der Waals surface area contributed by atoms with Gasteiger partial charge in [0.2, 0.25) is 0 Å². The highest BCUT2D eigenvalue weighted by molar-refractivity contribution is 7.80. The number of benzene rings is 3. The van der Waals surface area contributed by atoms with Crippen molar-refractivity contribution in [3.8, 4) is 5.75 Å². The summed E-state index contributed by atoms with van der Waals surface area (Å²) in [7, 11) is 0. The van der Waals surface area contributed by atoms with E-state index < -0.39 is 0 Å². The van der Waals surface area contributed by atoms with Crippen molar-refractivity contribution in [3.63, 3.8) is 0 Å². The summed E-state index contributed by atoms with van der Waals surface area (Å²) in [6.45, 7) is 3.31. The SMILES string of the molecule is Cc1ccc(COc2ccccc2C(=S)NCc2ccccc2)cc1. The Kier molecular flexibility index (Phi) is 5.81. The van der Waals surface area contributed by atoms with Crippen LogP contribution < -0.4 is 10.1 Å². The molecular weight excluding hydrogens is 326 g/mol. The average molecular weight is 347 g/mol. The molecular formula is C22H21NOS. The topological polar surface area (TPSA) is 21.3 Å². The van der Waals surface area contributed by atoms with Gasteiger partial charge in [0.15, 0.2) is 0 Å². The first-order valence-electron chi connectivity index (χ1n) is 8.32. The molecule has 0 heterocycles. The Labute approximate surface area is 154 Å². The van der Waals surface area contributed by atoms with Crippen molar-refractivity contribution in [2.75, 3.05) is 0 Å². The van der Waals surface area contributed by atoms with Crippen LogP contribution in [-0.2, 0) is 13.2 Å². The molecule has 126 valence electrons. The number of hydrogen-bond donors (Lipinski definition) is 1. The molecule has 3 rings (SSSR count). The molecule has 3 aromatic carbocycles. The van der Waals surface area contributed by atoms with Crippen molar-refractivity contribution in [2.24, 2.45) is 0 Å². The molecule has 1 N–H and O–H groups in total. The Hall–Kier alpha value is -2.65. The lowest BCUT2D eigenvalue weighted by molar-refractivity contribution is 0.305. The second kappa shape index (κ2) is 8.45. The van der Waals surface area contributed by atoms with Gasteiger partial charge in [0.1, 0.15) is 17.3 Å². The van der Waals surface area contributed by atoms with E-state index in [2.05, 4.69) is 48.6 Å². The van der Waals surface area contributed by atoms with Gasteiger partial charge in [0, 0.05) is 6.54 Å². The second-order valence-corrected chi connectivity index (χ2v) is 6.35. The minimum atomic E-state index is 0.526. The van der Waals surface area contributed by atoms with Crippen molar-refractivity contribution in [2.45, 2.75) is 20.1 Å². The number of hydrogen-bond acceptors (Lipinski definition) is 2. The maximum absolute atomic E-state index is 6.01. The van der Waals surface area contributed by atoms with Gasteiger partial charge >= 0.3 is 0 Å². The normalized spacial score (nSPS) is 10.3. The van der Waals surface area contributed by atoms with Crippen molar-refractivity contribution >= 4 is 17.2 Å².